The van der Waals surface area contributed by atoms with Crippen LogP contribution in [0.15, 0.2) is 54.7 Å². The second-order valence-corrected chi connectivity index (χ2v) is 4.97. The van der Waals surface area contributed by atoms with Gasteiger partial charge in [-0.05, 0) is 47.3 Å². The Hall–Kier alpha value is -2.26. The zero-order valence-electron chi connectivity index (χ0n) is 11.6. The van der Waals surface area contributed by atoms with Gasteiger partial charge in [-0.2, -0.15) is 0 Å². The summed E-state index contributed by atoms with van der Waals surface area (Å²) < 4.78 is 5.25. The first kappa shape index (κ1) is 13.7. The Morgan fingerprint density at radius 2 is 1.90 bits per heavy atom. The highest BCUT2D eigenvalue weighted by Crippen LogP contribution is 2.27. The van der Waals surface area contributed by atoms with Crippen molar-refractivity contribution in [2.75, 3.05) is 12.4 Å². The van der Waals surface area contributed by atoms with Crippen LogP contribution in [-0.4, -0.2) is 12.1 Å². The highest BCUT2D eigenvalue weighted by molar-refractivity contribution is 6.17. The molecule has 3 rings (SSSR count). The highest BCUT2D eigenvalue weighted by atomic mass is 35.5. The molecule has 0 bridgehead atoms. The summed E-state index contributed by atoms with van der Waals surface area (Å²) in [7, 11) is 1.67. The number of ether oxygens (including phenoxy) is 1. The van der Waals surface area contributed by atoms with Gasteiger partial charge in [-0.15, -0.1) is 11.6 Å². The molecule has 0 aliphatic carbocycles. The Labute approximate surface area is 128 Å². The van der Waals surface area contributed by atoms with Gasteiger partial charge in [0.05, 0.1) is 7.11 Å². The van der Waals surface area contributed by atoms with Crippen molar-refractivity contribution in [2.45, 2.75) is 5.88 Å². The van der Waals surface area contributed by atoms with Crippen molar-refractivity contribution in [2.24, 2.45) is 0 Å². The van der Waals surface area contributed by atoms with Crippen LogP contribution in [0.2, 0.25) is 0 Å². The number of rotatable bonds is 4. The number of benzene rings is 2. The first-order valence-electron chi connectivity index (χ1n) is 6.65. The number of hydrogen-bond donors (Lipinski definition) is 1. The van der Waals surface area contributed by atoms with E-state index in [1.165, 1.54) is 0 Å². The SMILES string of the molecule is COc1ccc2c(Nc3ccc(CCl)cc3)nccc2c1. The van der Waals surface area contributed by atoms with Crippen LogP contribution in [0, 0.1) is 0 Å². The zero-order valence-corrected chi connectivity index (χ0v) is 12.4. The molecule has 0 saturated carbocycles. The number of hydrogen-bond acceptors (Lipinski definition) is 3. The zero-order chi connectivity index (χ0) is 14.7. The number of halogens is 1. The highest BCUT2D eigenvalue weighted by Gasteiger charge is 2.04. The molecule has 0 atom stereocenters. The molecule has 1 aromatic heterocycles. The number of anilines is 2. The number of nitrogens with one attached hydrogen (secondary N) is 1. The molecule has 3 aromatic rings. The lowest BCUT2D eigenvalue weighted by Gasteiger charge is -2.10. The van der Waals surface area contributed by atoms with E-state index in [0.717, 1.165) is 33.6 Å². The Balaban J connectivity index is 1.95. The quantitative estimate of drug-likeness (QED) is 0.707. The Morgan fingerprint density at radius 1 is 1.10 bits per heavy atom. The maximum absolute atomic E-state index is 5.80. The van der Waals surface area contributed by atoms with E-state index in [1.807, 2.05) is 48.5 Å². The molecule has 106 valence electrons. The molecule has 2 aromatic carbocycles. The summed E-state index contributed by atoms with van der Waals surface area (Å²) in [5, 5.41) is 5.48. The molecule has 0 aliphatic heterocycles. The standard InChI is InChI=1S/C17H15ClN2O/c1-21-15-6-7-16-13(10-15)8-9-19-17(16)20-14-4-2-12(11-18)3-5-14/h2-10H,11H2,1H3,(H,19,20). The van der Waals surface area contributed by atoms with Gasteiger partial charge in [0.25, 0.3) is 0 Å². The number of aromatic nitrogens is 1. The summed E-state index contributed by atoms with van der Waals surface area (Å²) in [5.74, 6) is 2.19. The lowest BCUT2D eigenvalue weighted by atomic mass is 10.1. The van der Waals surface area contributed by atoms with E-state index in [4.69, 9.17) is 16.3 Å². The molecule has 21 heavy (non-hydrogen) atoms. The van der Waals surface area contributed by atoms with Gasteiger partial charge in [0.15, 0.2) is 0 Å². The van der Waals surface area contributed by atoms with Crippen LogP contribution in [0.5, 0.6) is 5.75 Å². The molecular formula is C17H15ClN2O. The predicted octanol–water partition coefficient (Wildman–Crippen LogP) is 4.73. The van der Waals surface area contributed by atoms with E-state index < -0.39 is 0 Å². The molecule has 0 fully saturated rings. The van der Waals surface area contributed by atoms with Gasteiger partial charge in [0, 0.05) is 23.2 Å². The van der Waals surface area contributed by atoms with Crippen LogP contribution in [0.25, 0.3) is 10.8 Å². The first-order valence-corrected chi connectivity index (χ1v) is 7.18. The summed E-state index contributed by atoms with van der Waals surface area (Å²) >= 11 is 5.80. The van der Waals surface area contributed by atoms with Gasteiger partial charge < -0.3 is 10.1 Å². The van der Waals surface area contributed by atoms with E-state index in [9.17, 15) is 0 Å². The molecule has 0 aliphatic rings. The van der Waals surface area contributed by atoms with Crippen LogP contribution >= 0.6 is 11.6 Å². The largest absolute Gasteiger partial charge is 0.497 e. The molecule has 0 saturated heterocycles. The maximum Gasteiger partial charge on any atom is 0.138 e. The van der Waals surface area contributed by atoms with Gasteiger partial charge in [-0.3, -0.25) is 0 Å². The number of pyridine rings is 1. The maximum atomic E-state index is 5.80. The average Bonchev–Trinajstić information content (AvgIpc) is 2.55. The fourth-order valence-corrected chi connectivity index (χ4v) is 2.37. The van der Waals surface area contributed by atoms with Crippen LogP contribution in [0.4, 0.5) is 11.5 Å². The molecular weight excluding hydrogens is 284 g/mol. The van der Waals surface area contributed by atoms with Crippen molar-refractivity contribution < 1.29 is 4.74 Å². The molecule has 1 heterocycles. The van der Waals surface area contributed by atoms with Crippen LogP contribution < -0.4 is 10.1 Å². The lowest BCUT2D eigenvalue weighted by Crippen LogP contribution is -1.95. The van der Waals surface area contributed by atoms with Crippen molar-refractivity contribution in [3.05, 3.63) is 60.3 Å². The number of alkyl halides is 1. The molecule has 4 heteroatoms. The number of nitrogens with zero attached hydrogens (tertiary/aromatic N) is 1. The summed E-state index contributed by atoms with van der Waals surface area (Å²) in [4.78, 5) is 4.42. The minimum Gasteiger partial charge on any atom is -0.497 e. The molecule has 0 unspecified atom stereocenters. The van der Waals surface area contributed by atoms with Crippen molar-refractivity contribution in [3.63, 3.8) is 0 Å². The third kappa shape index (κ3) is 2.93. The summed E-state index contributed by atoms with van der Waals surface area (Å²) in [6, 6.07) is 15.9. The first-order chi connectivity index (χ1) is 10.3. The fourth-order valence-electron chi connectivity index (χ4n) is 2.20. The minimum atomic E-state index is 0.520. The van der Waals surface area contributed by atoms with E-state index in [1.54, 1.807) is 13.3 Å². The smallest absolute Gasteiger partial charge is 0.138 e. The third-order valence-electron chi connectivity index (χ3n) is 3.34. The molecule has 3 nitrogen and oxygen atoms in total. The van der Waals surface area contributed by atoms with Gasteiger partial charge in [0.1, 0.15) is 11.6 Å². The summed E-state index contributed by atoms with van der Waals surface area (Å²) in [5.41, 5.74) is 2.08. The average molecular weight is 299 g/mol. The van der Waals surface area contributed by atoms with Crippen LogP contribution in [0.1, 0.15) is 5.56 Å². The van der Waals surface area contributed by atoms with Gasteiger partial charge >= 0.3 is 0 Å². The van der Waals surface area contributed by atoms with Crippen molar-refractivity contribution in [3.8, 4) is 5.75 Å². The molecule has 0 radical (unpaired) electrons. The Kier molecular flexibility index (Phi) is 3.93. The normalized spacial score (nSPS) is 10.6. The topological polar surface area (TPSA) is 34.1 Å². The number of methoxy groups -OCH3 is 1. The van der Waals surface area contributed by atoms with Crippen molar-refractivity contribution in [1.82, 2.24) is 4.98 Å². The van der Waals surface area contributed by atoms with E-state index >= 15 is 0 Å². The lowest BCUT2D eigenvalue weighted by molar-refractivity contribution is 0.415. The van der Waals surface area contributed by atoms with Crippen molar-refractivity contribution >= 4 is 33.9 Å². The van der Waals surface area contributed by atoms with Crippen molar-refractivity contribution in [1.29, 1.82) is 0 Å². The predicted molar refractivity (Wildman–Crippen MR) is 87.6 cm³/mol. The molecule has 0 spiro atoms. The van der Waals surface area contributed by atoms with E-state index in [0.29, 0.717) is 5.88 Å². The second-order valence-electron chi connectivity index (χ2n) is 4.70. The van der Waals surface area contributed by atoms with E-state index in [2.05, 4.69) is 10.3 Å². The monoisotopic (exact) mass is 298 g/mol. The summed E-state index contributed by atoms with van der Waals surface area (Å²) in [6.07, 6.45) is 1.79. The van der Waals surface area contributed by atoms with Gasteiger partial charge in [0.2, 0.25) is 0 Å². The third-order valence-corrected chi connectivity index (χ3v) is 3.65. The minimum absolute atomic E-state index is 0.520. The van der Waals surface area contributed by atoms with Crippen LogP contribution in [0.3, 0.4) is 0 Å². The van der Waals surface area contributed by atoms with Gasteiger partial charge in [-0.1, -0.05) is 12.1 Å². The Morgan fingerprint density at radius 3 is 2.62 bits per heavy atom. The van der Waals surface area contributed by atoms with Crippen LogP contribution in [-0.2, 0) is 5.88 Å². The molecule has 1 N–H and O–H groups in total. The van der Waals surface area contributed by atoms with Gasteiger partial charge in [-0.25, -0.2) is 4.98 Å². The summed E-state index contributed by atoms with van der Waals surface area (Å²) in [6.45, 7) is 0. The van der Waals surface area contributed by atoms with E-state index in [-0.39, 0.29) is 0 Å². The fraction of sp³-hybridized carbons (Fsp3) is 0.118. The molecule has 0 amide bonds. The Bertz CT molecular complexity index is 756. The number of fused-ring (bicyclic) bond motifs is 1. The second kappa shape index (κ2) is 6.02.